The summed E-state index contributed by atoms with van der Waals surface area (Å²) in [7, 11) is 1.71. The Hall–Kier alpha value is -1.81. The van der Waals surface area contributed by atoms with Gasteiger partial charge in [-0.1, -0.05) is 0 Å². The molecular weight excluding hydrogens is 264 g/mol. The Morgan fingerprint density at radius 2 is 1.90 bits per heavy atom. The predicted molar refractivity (Wildman–Crippen MR) is 85.3 cm³/mol. The summed E-state index contributed by atoms with van der Waals surface area (Å²) in [5, 5.41) is 1.06. The number of ether oxygens (including phenoxy) is 2. The van der Waals surface area contributed by atoms with Crippen LogP contribution in [0.3, 0.4) is 0 Å². The summed E-state index contributed by atoms with van der Waals surface area (Å²) in [6.07, 6.45) is 0.505. The van der Waals surface area contributed by atoms with Gasteiger partial charge in [0.15, 0.2) is 0 Å². The summed E-state index contributed by atoms with van der Waals surface area (Å²) < 4.78 is 11.3. The van der Waals surface area contributed by atoms with Crippen LogP contribution in [-0.2, 0) is 4.74 Å². The van der Waals surface area contributed by atoms with Gasteiger partial charge < -0.3 is 14.4 Å². The molecule has 1 saturated heterocycles. The fourth-order valence-electron chi connectivity index (χ4n) is 3.06. The van der Waals surface area contributed by atoms with Crippen LogP contribution in [0.4, 0.5) is 5.69 Å². The van der Waals surface area contributed by atoms with E-state index in [4.69, 9.17) is 9.47 Å². The summed E-state index contributed by atoms with van der Waals surface area (Å²) in [6.45, 7) is 8.06. The minimum absolute atomic E-state index is 0.252. The number of morpholine rings is 1. The van der Waals surface area contributed by atoms with Crippen LogP contribution in [0.5, 0.6) is 5.75 Å². The van der Waals surface area contributed by atoms with Crippen molar-refractivity contribution in [1.29, 1.82) is 0 Å². The van der Waals surface area contributed by atoms with E-state index in [1.807, 2.05) is 13.0 Å². The van der Waals surface area contributed by atoms with Crippen LogP contribution < -0.4 is 9.64 Å². The van der Waals surface area contributed by atoms with E-state index in [1.54, 1.807) is 7.11 Å². The average molecular weight is 286 g/mol. The number of fused-ring (bicyclic) bond motifs is 1. The van der Waals surface area contributed by atoms with Crippen molar-refractivity contribution in [3.05, 3.63) is 30.0 Å². The molecule has 1 aromatic heterocycles. The molecule has 0 saturated carbocycles. The molecule has 4 nitrogen and oxygen atoms in total. The Balaban J connectivity index is 2.02. The Bertz CT molecular complexity index is 647. The van der Waals surface area contributed by atoms with Crippen LogP contribution in [-0.4, -0.2) is 37.4 Å². The lowest BCUT2D eigenvalue weighted by molar-refractivity contribution is -0.00520. The highest BCUT2D eigenvalue weighted by Gasteiger charge is 2.22. The van der Waals surface area contributed by atoms with Gasteiger partial charge in [-0.3, -0.25) is 4.98 Å². The summed E-state index contributed by atoms with van der Waals surface area (Å²) in [4.78, 5) is 6.95. The zero-order valence-electron chi connectivity index (χ0n) is 13.1. The van der Waals surface area contributed by atoms with Crippen molar-refractivity contribution < 1.29 is 9.47 Å². The molecule has 0 aliphatic carbocycles. The number of rotatable bonds is 2. The van der Waals surface area contributed by atoms with E-state index in [2.05, 4.69) is 41.9 Å². The topological polar surface area (TPSA) is 34.6 Å². The molecule has 21 heavy (non-hydrogen) atoms. The van der Waals surface area contributed by atoms with Crippen LogP contribution in [0.25, 0.3) is 10.9 Å². The van der Waals surface area contributed by atoms with E-state index in [9.17, 15) is 0 Å². The molecule has 0 radical (unpaired) electrons. The SMILES string of the molecule is COc1cc(C)nc2ccc(N3CC(C)OC(C)C3)cc12. The lowest BCUT2D eigenvalue weighted by Gasteiger charge is -2.37. The predicted octanol–water partition coefficient (Wildman–Crippen LogP) is 3.17. The lowest BCUT2D eigenvalue weighted by atomic mass is 10.1. The Kier molecular flexibility index (Phi) is 3.72. The van der Waals surface area contributed by atoms with E-state index in [0.717, 1.165) is 35.4 Å². The van der Waals surface area contributed by atoms with Gasteiger partial charge in [-0.05, 0) is 39.0 Å². The van der Waals surface area contributed by atoms with Gasteiger partial charge >= 0.3 is 0 Å². The number of hydrogen-bond acceptors (Lipinski definition) is 4. The summed E-state index contributed by atoms with van der Waals surface area (Å²) in [5.74, 6) is 0.883. The second kappa shape index (κ2) is 5.53. The van der Waals surface area contributed by atoms with Gasteiger partial charge in [-0.25, -0.2) is 0 Å². The first-order chi connectivity index (χ1) is 10.1. The molecule has 0 N–H and O–H groups in total. The third kappa shape index (κ3) is 2.81. The number of hydrogen-bond donors (Lipinski definition) is 0. The molecule has 2 heterocycles. The van der Waals surface area contributed by atoms with Crippen LogP contribution >= 0.6 is 0 Å². The quantitative estimate of drug-likeness (QED) is 0.849. The molecule has 0 bridgehead atoms. The number of nitrogens with zero attached hydrogens (tertiary/aromatic N) is 2. The van der Waals surface area contributed by atoms with E-state index in [-0.39, 0.29) is 12.2 Å². The molecular formula is C17H22N2O2. The maximum atomic E-state index is 5.81. The maximum absolute atomic E-state index is 5.81. The standard InChI is InChI=1S/C17H22N2O2/c1-11-7-17(20-4)15-8-14(5-6-16(15)18-11)19-9-12(2)21-13(3)10-19/h5-8,12-13H,9-10H2,1-4H3. The summed E-state index contributed by atoms with van der Waals surface area (Å²) in [5.41, 5.74) is 3.15. The fraction of sp³-hybridized carbons (Fsp3) is 0.471. The lowest BCUT2D eigenvalue weighted by Crippen LogP contribution is -2.45. The van der Waals surface area contributed by atoms with Crippen molar-refractivity contribution in [2.75, 3.05) is 25.1 Å². The van der Waals surface area contributed by atoms with Crippen molar-refractivity contribution in [2.24, 2.45) is 0 Å². The Morgan fingerprint density at radius 3 is 2.57 bits per heavy atom. The van der Waals surface area contributed by atoms with Crippen LogP contribution in [0.15, 0.2) is 24.3 Å². The molecule has 4 heteroatoms. The smallest absolute Gasteiger partial charge is 0.130 e. The van der Waals surface area contributed by atoms with Gasteiger partial charge in [0, 0.05) is 35.9 Å². The highest BCUT2D eigenvalue weighted by atomic mass is 16.5. The zero-order valence-corrected chi connectivity index (χ0v) is 13.1. The number of aryl methyl sites for hydroxylation is 1. The van der Waals surface area contributed by atoms with Crippen molar-refractivity contribution in [1.82, 2.24) is 4.98 Å². The highest BCUT2D eigenvalue weighted by Crippen LogP contribution is 2.30. The van der Waals surface area contributed by atoms with Crippen LogP contribution in [0.2, 0.25) is 0 Å². The maximum Gasteiger partial charge on any atom is 0.130 e. The Morgan fingerprint density at radius 1 is 1.19 bits per heavy atom. The minimum atomic E-state index is 0.252. The fourth-order valence-corrected chi connectivity index (χ4v) is 3.06. The molecule has 1 aromatic carbocycles. The van der Waals surface area contributed by atoms with E-state index >= 15 is 0 Å². The number of pyridine rings is 1. The van der Waals surface area contributed by atoms with Crippen molar-refractivity contribution >= 4 is 16.6 Å². The third-order valence-corrected chi connectivity index (χ3v) is 3.89. The first-order valence-electron chi connectivity index (χ1n) is 7.42. The molecule has 0 spiro atoms. The number of methoxy groups -OCH3 is 1. The van der Waals surface area contributed by atoms with Crippen LogP contribution in [0.1, 0.15) is 19.5 Å². The monoisotopic (exact) mass is 286 g/mol. The van der Waals surface area contributed by atoms with Gasteiger partial charge in [0.25, 0.3) is 0 Å². The average Bonchev–Trinajstić information content (AvgIpc) is 2.44. The number of benzene rings is 1. The van der Waals surface area contributed by atoms with Crippen molar-refractivity contribution in [2.45, 2.75) is 33.0 Å². The normalized spacial score (nSPS) is 22.6. The third-order valence-electron chi connectivity index (χ3n) is 3.89. The summed E-state index contributed by atoms with van der Waals surface area (Å²) in [6, 6.07) is 8.37. The van der Waals surface area contributed by atoms with Crippen LogP contribution in [0, 0.1) is 6.92 Å². The molecule has 0 amide bonds. The van der Waals surface area contributed by atoms with Crippen molar-refractivity contribution in [3.8, 4) is 5.75 Å². The molecule has 2 aromatic rings. The highest BCUT2D eigenvalue weighted by molar-refractivity contribution is 5.88. The Labute approximate surface area is 125 Å². The summed E-state index contributed by atoms with van der Waals surface area (Å²) >= 11 is 0. The van der Waals surface area contributed by atoms with Gasteiger partial charge in [0.1, 0.15) is 5.75 Å². The molecule has 2 unspecified atom stereocenters. The molecule has 1 fully saturated rings. The molecule has 1 aliphatic heterocycles. The van der Waals surface area contributed by atoms with E-state index < -0.39 is 0 Å². The minimum Gasteiger partial charge on any atom is -0.496 e. The largest absolute Gasteiger partial charge is 0.496 e. The van der Waals surface area contributed by atoms with Gasteiger partial charge in [-0.2, -0.15) is 0 Å². The first kappa shape index (κ1) is 14.1. The zero-order chi connectivity index (χ0) is 15.0. The number of anilines is 1. The van der Waals surface area contributed by atoms with Gasteiger partial charge in [0.05, 0.1) is 24.8 Å². The van der Waals surface area contributed by atoms with Crippen molar-refractivity contribution in [3.63, 3.8) is 0 Å². The molecule has 1 aliphatic rings. The first-order valence-corrected chi connectivity index (χ1v) is 7.42. The number of aromatic nitrogens is 1. The molecule has 112 valence electrons. The molecule has 2 atom stereocenters. The molecule has 3 rings (SSSR count). The second-order valence-corrected chi connectivity index (χ2v) is 5.83. The van der Waals surface area contributed by atoms with Gasteiger partial charge in [0.2, 0.25) is 0 Å². The van der Waals surface area contributed by atoms with E-state index in [1.165, 1.54) is 5.69 Å². The van der Waals surface area contributed by atoms with E-state index in [0.29, 0.717) is 0 Å². The second-order valence-electron chi connectivity index (χ2n) is 5.83. The van der Waals surface area contributed by atoms with Gasteiger partial charge in [-0.15, -0.1) is 0 Å².